The minimum atomic E-state index is -0.973. The SMILES string of the molecule is COc1cc(F)cc([C@@H](CO)NC(=O)[C@H](C)n2cnn3cc(-c4nc(NC5CCOCC5)ncc4C)cc3c2=O)c1. The van der Waals surface area contributed by atoms with Gasteiger partial charge < -0.3 is 25.2 Å². The van der Waals surface area contributed by atoms with E-state index in [2.05, 4.69) is 20.7 Å². The third kappa shape index (κ3) is 6.05. The van der Waals surface area contributed by atoms with Gasteiger partial charge in [-0.3, -0.25) is 14.2 Å². The molecule has 41 heavy (non-hydrogen) atoms. The molecule has 1 saturated heterocycles. The van der Waals surface area contributed by atoms with E-state index >= 15 is 0 Å². The number of amides is 1. The lowest BCUT2D eigenvalue weighted by Gasteiger charge is -2.23. The lowest BCUT2D eigenvalue weighted by Crippen LogP contribution is -2.39. The molecule has 4 heterocycles. The second kappa shape index (κ2) is 12.0. The summed E-state index contributed by atoms with van der Waals surface area (Å²) in [4.78, 5) is 35.7. The van der Waals surface area contributed by atoms with Gasteiger partial charge in [0.05, 0.1) is 25.5 Å². The first kappa shape index (κ1) is 28.2. The second-order valence-corrected chi connectivity index (χ2v) is 10.0. The number of aromatic nitrogens is 5. The molecule has 0 unspecified atom stereocenters. The molecule has 4 aromatic rings. The molecule has 1 aliphatic heterocycles. The zero-order valence-electron chi connectivity index (χ0n) is 23.0. The Morgan fingerprint density at radius 3 is 2.78 bits per heavy atom. The van der Waals surface area contributed by atoms with Crippen LogP contribution in [0.4, 0.5) is 10.3 Å². The summed E-state index contributed by atoms with van der Waals surface area (Å²) in [7, 11) is 1.39. The molecule has 216 valence electrons. The van der Waals surface area contributed by atoms with Crippen LogP contribution in [0.1, 0.15) is 43.0 Å². The fraction of sp³-hybridized carbons (Fsp3) is 0.393. The van der Waals surface area contributed by atoms with Gasteiger partial charge in [0.25, 0.3) is 5.56 Å². The number of methoxy groups -OCH3 is 1. The fourth-order valence-electron chi connectivity index (χ4n) is 4.79. The van der Waals surface area contributed by atoms with Crippen molar-refractivity contribution in [3.05, 3.63) is 70.3 Å². The number of nitrogens with one attached hydrogen (secondary N) is 2. The van der Waals surface area contributed by atoms with E-state index < -0.39 is 36.0 Å². The van der Waals surface area contributed by atoms with Gasteiger partial charge in [-0.1, -0.05) is 0 Å². The van der Waals surface area contributed by atoms with Crippen molar-refractivity contribution in [1.29, 1.82) is 0 Å². The molecule has 1 fully saturated rings. The molecular formula is C28H32FN7O5. The predicted molar refractivity (Wildman–Crippen MR) is 148 cm³/mol. The van der Waals surface area contributed by atoms with Crippen molar-refractivity contribution in [2.45, 2.75) is 44.8 Å². The number of aliphatic hydroxyl groups excluding tert-OH is 1. The maximum atomic E-state index is 14.0. The number of hydrogen-bond donors (Lipinski definition) is 3. The number of aryl methyl sites for hydroxylation is 1. The summed E-state index contributed by atoms with van der Waals surface area (Å²) in [5.41, 5.74) is 2.32. The van der Waals surface area contributed by atoms with Crippen molar-refractivity contribution in [2.75, 3.05) is 32.2 Å². The van der Waals surface area contributed by atoms with E-state index in [1.165, 1.54) is 40.7 Å². The number of nitrogens with zero attached hydrogens (tertiary/aromatic N) is 5. The zero-order valence-corrected chi connectivity index (χ0v) is 23.0. The number of aliphatic hydroxyl groups is 1. The highest BCUT2D eigenvalue weighted by Crippen LogP contribution is 2.25. The van der Waals surface area contributed by atoms with Gasteiger partial charge in [0.1, 0.15) is 29.5 Å². The third-order valence-electron chi connectivity index (χ3n) is 7.18. The number of hydrogen-bond acceptors (Lipinski definition) is 9. The minimum absolute atomic E-state index is 0.224. The molecule has 12 nitrogen and oxygen atoms in total. The van der Waals surface area contributed by atoms with Crippen LogP contribution in [0.3, 0.4) is 0 Å². The van der Waals surface area contributed by atoms with Gasteiger partial charge >= 0.3 is 0 Å². The quantitative estimate of drug-likeness (QED) is 0.279. The molecular weight excluding hydrogens is 533 g/mol. The van der Waals surface area contributed by atoms with Gasteiger partial charge in [-0.25, -0.2) is 18.9 Å². The van der Waals surface area contributed by atoms with Gasteiger partial charge in [-0.05, 0) is 56.0 Å². The summed E-state index contributed by atoms with van der Waals surface area (Å²) >= 11 is 0. The third-order valence-corrected chi connectivity index (χ3v) is 7.18. The topological polar surface area (TPSA) is 145 Å². The molecule has 1 aromatic carbocycles. The smallest absolute Gasteiger partial charge is 0.278 e. The molecule has 0 bridgehead atoms. The largest absolute Gasteiger partial charge is 0.497 e. The second-order valence-electron chi connectivity index (χ2n) is 10.0. The van der Waals surface area contributed by atoms with Crippen LogP contribution in [0.25, 0.3) is 16.8 Å². The average molecular weight is 566 g/mol. The highest BCUT2D eigenvalue weighted by molar-refractivity contribution is 5.80. The first-order valence-corrected chi connectivity index (χ1v) is 13.3. The van der Waals surface area contributed by atoms with E-state index in [-0.39, 0.29) is 17.3 Å². The van der Waals surface area contributed by atoms with Crippen LogP contribution in [-0.4, -0.2) is 68.1 Å². The summed E-state index contributed by atoms with van der Waals surface area (Å²) in [5, 5.41) is 20.3. The van der Waals surface area contributed by atoms with Crippen LogP contribution in [0.2, 0.25) is 0 Å². The molecule has 2 atom stereocenters. The van der Waals surface area contributed by atoms with E-state index in [1.54, 1.807) is 25.4 Å². The number of rotatable bonds is 9. The van der Waals surface area contributed by atoms with Crippen molar-refractivity contribution in [2.24, 2.45) is 0 Å². The molecule has 3 N–H and O–H groups in total. The number of anilines is 1. The lowest BCUT2D eigenvalue weighted by atomic mass is 10.1. The van der Waals surface area contributed by atoms with Crippen molar-refractivity contribution >= 4 is 17.4 Å². The molecule has 0 saturated carbocycles. The predicted octanol–water partition coefficient (Wildman–Crippen LogP) is 2.41. The van der Waals surface area contributed by atoms with Crippen LogP contribution in [-0.2, 0) is 9.53 Å². The minimum Gasteiger partial charge on any atom is -0.497 e. The monoisotopic (exact) mass is 565 g/mol. The average Bonchev–Trinajstić information content (AvgIpc) is 3.42. The van der Waals surface area contributed by atoms with E-state index in [9.17, 15) is 19.1 Å². The van der Waals surface area contributed by atoms with Gasteiger partial charge in [0, 0.05) is 43.3 Å². The molecule has 0 aliphatic carbocycles. The first-order chi connectivity index (χ1) is 19.8. The van der Waals surface area contributed by atoms with Crippen LogP contribution < -0.4 is 20.9 Å². The summed E-state index contributed by atoms with van der Waals surface area (Å²) in [6.45, 7) is 4.33. The molecule has 5 rings (SSSR count). The van der Waals surface area contributed by atoms with E-state index in [0.717, 1.165) is 18.4 Å². The van der Waals surface area contributed by atoms with Gasteiger partial charge in [-0.15, -0.1) is 0 Å². The van der Waals surface area contributed by atoms with Crippen molar-refractivity contribution < 1.29 is 23.8 Å². The number of carbonyl (C=O) groups is 1. The summed E-state index contributed by atoms with van der Waals surface area (Å²) < 4.78 is 27.2. The zero-order chi connectivity index (χ0) is 29.1. The Kier molecular flexibility index (Phi) is 8.26. The first-order valence-electron chi connectivity index (χ1n) is 13.3. The van der Waals surface area contributed by atoms with Crippen LogP contribution >= 0.6 is 0 Å². The van der Waals surface area contributed by atoms with E-state index in [0.29, 0.717) is 36.0 Å². The fourth-order valence-corrected chi connectivity index (χ4v) is 4.79. The summed E-state index contributed by atoms with van der Waals surface area (Å²) in [6.07, 6.45) is 6.46. The Hall–Kier alpha value is -4.36. The standard InChI is InChI=1S/C28H32FN7O5/c1-16-12-30-28(32-21-4-6-41-7-5-21)34-25(16)19-10-24-27(39)35(15-31-36(24)13-19)17(2)26(38)33-23(14-37)18-8-20(29)11-22(9-18)40-3/h8-13,15,17,21,23,37H,4-7,14H2,1-3H3,(H,33,38)(H,30,32,34)/t17-,23+/m0/s1. The van der Waals surface area contributed by atoms with Crippen molar-refractivity contribution in [1.82, 2.24) is 29.5 Å². The van der Waals surface area contributed by atoms with Crippen LogP contribution in [0, 0.1) is 12.7 Å². The van der Waals surface area contributed by atoms with Gasteiger partial charge in [0.15, 0.2) is 0 Å². The molecule has 1 amide bonds. The highest BCUT2D eigenvalue weighted by Gasteiger charge is 2.23. The Morgan fingerprint density at radius 2 is 2.05 bits per heavy atom. The van der Waals surface area contributed by atoms with Crippen molar-refractivity contribution in [3.8, 4) is 17.0 Å². The van der Waals surface area contributed by atoms with Crippen LogP contribution in [0.5, 0.6) is 5.75 Å². The molecule has 3 aromatic heterocycles. The lowest BCUT2D eigenvalue weighted by molar-refractivity contribution is -0.125. The number of benzene rings is 1. The Labute approximate surface area is 235 Å². The number of ether oxygens (including phenoxy) is 2. The maximum Gasteiger partial charge on any atom is 0.278 e. The summed E-state index contributed by atoms with van der Waals surface area (Å²) in [5.74, 6) is -0.373. The molecule has 13 heteroatoms. The molecule has 0 spiro atoms. The Bertz CT molecular complexity index is 1620. The maximum absolute atomic E-state index is 14.0. The van der Waals surface area contributed by atoms with E-state index in [1.807, 2.05) is 6.92 Å². The number of carbonyl (C=O) groups excluding carboxylic acids is 1. The molecule has 1 aliphatic rings. The number of fused-ring (bicyclic) bond motifs is 1. The highest BCUT2D eigenvalue weighted by atomic mass is 19.1. The van der Waals surface area contributed by atoms with Gasteiger partial charge in [-0.2, -0.15) is 5.10 Å². The normalized spacial score (nSPS) is 15.4. The van der Waals surface area contributed by atoms with Crippen molar-refractivity contribution in [3.63, 3.8) is 0 Å². The summed E-state index contributed by atoms with van der Waals surface area (Å²) in [6, 6.07) is 3.94. The van der Waals surface area contributed by atoms with Gasteiger partial charge in [0.2, 0.25) is 11.9 Å². The number of halogens is 1. The Morgan fingerprint density at radius 1 is 1.27 bits per heavy atom. The van der Waals surface area contributed by atoms with Crippen LogP contribution in [0.15, 0.2) is 47.8 Å². The Balaban J connectivity index is 1.38. The molecule has 0 radical (unpaired) electrons. The van der Waals surface area contributed by atoms with E-state index in [4.69, 9.17) is 14.5 Å².